The lowest BCUT2D eigenvalue weighted by Gasteiger charge is -2.35. The van der Waals surface area contributed by atoms with E-state index in [0.29, 0.717) is 34.6 Å². The molecule has 3 atom stereocenters. The quantitative estimate of drug-likeness (QED) is 0.0889. The second-order valence-corrected chi connectivity index (χ2v) is 15.6. The van der Waals surface area contributed by atoms with Crippen LogP contribution >= 0.6 is 0 Å². The Morgan fingerprint density at radius 3 is 2.46 bits per heavy atom. The first-order valence-corrected chi connectivity index (χ1v) is 20.0. The minimum absolute atomic E-state index is 0.0122. The standard InChI is InChI=1S/C44H51N5O10/c1-7-29-30-19-28(50)15-16-34(30)47-39-31(29)21-49-35(39)20-33-32(41(49)54)23-57-42(55)44(33,8-2)59-37(52)10-9-17-48(6)43(56)58-22-26-11-13-27(14-12-26)46-40(53)25(5)18-36(51)38(45)24(3)4/h11-16,19-20,24-25,38,50H,7-10,17-18,21-23,45H2,1-6H3,(H,46,53)/t25-,38+,44+/m1/s1. The van der Waals surface area contributed by atoms with Gasteiger partial charge < -0.3 is 39.8 Å². The number of carbonyl (C=O) groups excluding carboxylic acids is 5. The van der Waals surface area contributed by atoms with Crippen molar-refractivity contribution in [3.8, 4) is 17.1 Å². The molecule has 4 N–H and O–H groups in total. The van der Waals surface area contributed by atoms with Crippen LogP contribution in [0.1, 0.15) is 88.1 Å². The van der Waals surface area contributed by atoms with Crippen molar-refractivity contribution in [2.75, 3.05) is 18.9 Å². The molecule has 2 aromatic heterocycles. The molecule has 59 heavy (non-hydrogen) atoms. The molecule has 4 aromatic rings. The smallest absolute Gasteiger partial charge is 0.409 e. The van der Waals surface area contributed by atoms with E-state index in [1.165, 1.54) is 11.9 Å². The summed E-state index contributed by atoms with van der Waals surface area (Å²) in [5, 5.41) is 13.8. The third-order valence-corrected chi connectivity index (χ3v) is 11.2. The van der Waals surface area contributed by atoms with E-state index in [-0.39, 0.29) is 92.0 Å². The molecule has 2 aliphatic rings. The summed E-state index contributed by atoms with van der Waals surface area (Å²) in [5.41, 5.74) is 8.94. The number of aromatic hydroxyl groups is 1. The lowest BCUT2D eigenvalue weighted by Crippen LogP contribution is -2.47. The third-order valence-electron chi connectivity index (χ3n) is 11.2. The van der Waals surface area contributed by atoms with E-state index in [9.17, 15) is 33.9 Å². The second-order valence-electron chi connectivity index (χ2n) is 15.6. The third kappa shape index (κ3) is 8.56. The number of fused-ring (bicyclic) bond motifs is 5. The lowest BCUT2D eigenvalue weighted by atomic mass is 9.85. The van der Waals surface area contributed by atoms with Crippen molar-refractivity contribution in [1.82, 2.24) is 14.5 Å². The van der Waals surface area contributed by atoms with Crippen molar-refractivity contribution in [2.45, 2.75) is 98.1 Å². The number of Topliss-reactive ketones (excluding diaryl/α,β-unsaturated/α-hetero) is 1. The van der Waals surface area contributed by atoms with Crippen LogP contribution in [0.25, 0.3) is 22.3 Å². The summed E-state index contributed by atoms with van der Waals surface area (Å²) in [6, 6.07) is 12.8. The molecule has 0 unspecified atom stereocenters. The normalized spacial score (nSPS) is 16.4. The zero-order valence-electron chi connectivity index (χ0n) is 34.3. The van der Waals surface area contributed by atoms with Crippen LogP contribution in [0.3, 0.4) is 0 Å². The number of carbonyl (C=O) groups is 5. The fourth-order valence-corrected chi connectivity index (χ4v) is 7.62. The van der Waals surface area contributed by atoms with Crippen molar-refractivity contribution in [1.29, 1.82) is 0 Å². The van der Waals surface area contributed by atoms with Crippen LogP contribution in [0.2, 0.25) is 0 Å². The molecule has 6 rings (SSSR count). The number of nitrogens with two attached hydrogens (primary N) is 1. The van der Waals surface area contributed by atoms with Gasteiger partial charge in [0, 0.05) is 54.6 Å². The molecule has 0 saturated carbocycles. The number of phenols is 1. The molecule has 0 saturated heterocycles. The number of hydrogen-bond acceptors (Lipinski definition) is 12. The average molecular weight is 810 g/mol. The topological polar surface area (TPSA) is 209 Å². The van der Waals surface area contributed by atoms with E-state index in [1.807, 2.05) is 20.8 Å². The van der Waals surface area contributed by atoms with E-state index in [1.54, 1.807) is 66.9 Å². The molecule has 2 aliphatic heterocycles. The van der Waals surface area contributed by atoms with Gasteiger partial charge in [-0.25, -0.2) is 14.6 Å². The minimum atomic E-state index is -1.86. The number of hydrogen-bond donors (Lipinski definition) is 3. The number of phenolic OH excluding ortho intramolecular Hbond substituents is 1. The Balaban J connectivity index is 1.05. The molecular weight excluding hydrogens is 759 g/mol. The van der Waals surface area contributed by atoms with E-state index >= 15 is 0 Å². The van der Waals surface area contributed by atoms with Crippen molar-refractivity contribution >= 4 is 46.3 Å². The number of aromatic nitrogens is 2. The molecule has 0 fully saturated rings. The molecule has 4 heterocycles. The number of rotatable bonds is 15. The highest BCUT2D eigenvalue weighted by Gasteiger charge is 2.50. The van der Waals surface area contributed by atoms with Crippen LogP contribution in [-0.2, 0) is 65.2 Å². The van der Waals surface area contributed by atoms with Gasteiger partial charge in [-0.05, 0) is 72.7 Å². The van der Waals surface area contributed by atoms with Gasteiger partial charge in [0.15, 0.2) is 5.78 Å². The Labute approximate surface area is 341 Å². The Kier molecular flexibility index (Phi) is 12.5. The fraction of sp³-hybridized carbons (Fsp3) is 0.432. The van der Waals surface area contributed by atoms with Gasteiger partial charge in [0.2, 0.25) is 11.5 Å². The molecule has 0 bridgehead atoms. The number of benzene rings is 2. The molecule has 15 heteroatoms. The maximum atomic E-state index is 14.0. The van der Waals surface area contributed by atoms with Crippen LogP contribution in [0.5, 0.6) is 5.75 Å². The number of nitrogens with zero attached hydrogens (tertiary/aromatic N) is 3. The maximum Gasteiger partial charge on any atom is 0.409 e. The first kappa shape index (κ1) is 42.5. The van der Waals surface area contributed by atoms with Gasteiger partial charge in [-0.1, -0.05) is 46.8 Å². The van der Waals surface area contributed by atoms with Gasteiger partial charge in [-0.15, -0.1) is 0 Å². The predicted octanol–water partition coefficient (Wildman–Crippen LogP) is 5.46. The van der Waals surface area contributed by atoms with Gasteiger partial charge in [-0.3, -0.25) is 19.2 Å². The van der Waals surface area contributed by atoms with E-state index in [0.717, 1.165) is 16.5 Å². The van der Waals surface area contributed by atoms with E-state index in [2.05, 4.69) is 5.32 Å². The number of pyridine rings is 2. The number of nitrogens with one attached hydrogen (secondary N) is 1. The summed E-state index contributed by atoms with van der Waals surface area (Å²) in [4.78, 5) is 84.8. The van der Waals surface area contributed by atoms with Gasteiger partial charge in [0.1, 0.15) is 19.0 Å². The molecule has 312 valence electrons. The van der Waals surface area contributed by atoms with Gasteiger partial charge in [-0.2, -0.15) is 0 Å². The van der Waals surface area contributed by atoms with Gasteiger partial charge >= 0.3 is 18.0 Å². The summed E-state index contributed by atoms with van der Waals surface area (Å²) >= 11 is 0. The van der Waals surface area contributed by atoms with Crippen LogP contribution in [0.15, 0.2) is 53.3 Å². The first-order chi connectivity index (χ1) is 28.1. The van der Waals surface area contributed by atoms with E-state index in [4.69, 9.17) is 24.9 Å². The lowest BCUT2D eigenvalue weighted by molar-refractivity contribution is -0.189. The van der Waals surface area contributed by atoms with Crippen molar-refractivity contribution in [3.63, 3.8) is 0 Å². The van der Waals surface area contributed by atoms with Crippen molar-refractivity contribution < 1.29 is 43.3 Å². The zero-order chi connectivity index (χ0) is 42.8. The summed E-state index contributed by atoms with van der Waals surface area (Å²) in [6.07, 6.45) is 0.123. The number of ether oxygens (including phenoxy) is 3. The highest BCUT2D eigenvalue weighted by Crippen LogP contribution is 2.42. The number of amides is 2. The summed E-state index contributed by atoms with van der Waals surface area (Å²) in [6.45, 7) is 9.15. The Hall–Kier alpha value is -6.09. The number of esters is 2. The number of anilines is 1. The van der Waals surface area contributed by atoms with Crippen LogP contribution in [-0.4, -0.2) is 68.9 Å². The van der Waals surface area contributed by atoms with Crippen molar-refractivity contribution in [3.05, 3.63) is 86.7 Å². The fourth-order valence-electron chi connectivity index (χ4n) is 7.62. The van der Waals surface area contributed by atoms with Gasteiger partial charge in [0.05, 0.1) is 35.1 Å². The van der Waals surface area contributed by atoms with Gasteiger partial charge in [0.25, 0.3) is 5.56 Å². The molecular formula is C44H51N5O10. The monoisotopic (exact) mass is 809 g/mol. The Bertz CT molecular complexity index is 2370. The summed E-state index contributed by atoms with van der Waals surface area (Å²) in [7, 11) is 1.53. The maximum absolute atomic E-state index is 14.0. The van der Waals surface area contributed by atoms with Crippen LogP contribution in [0.4, 0.5) is 10.5 Å². The molecule has 0 spiro atoms. The summed E-state index contributed by atoms with van der Waals surface area (Å²) < 4.78 is 18.4. The predicted molar refractivity (Wildman–Crippen MR) is 218 cm³/mol. The molecule has 15 nitrogen and oxygen atoms in total. The molecule has 0 radical (unpaired) electrons. The van der Waals surface area contributed by atoms with E-state index < -0.39 is 35.6 Å². The Morgan fingerprint density at radius 2 is 1.78 bits per heavy atom. The molecule has 0 aliphatic carbocycles. The SMILES string of the molecule is CCc1c2c(nc3ccc(O)cc13)-c1cc3c(c(=O)n1C2)COC(=O)[C@@]3(CC)OC(=O)CCCN(C)C(=O)OCc1ccc(NC(=O)[C@H](C)CC(=O)[C@@H](N)C(C)C)cc1. The zero-order valence-corrected chi connectivity index (χ0v) is 34.3. The minimum Gasteiger partial charge on any atom is -0.508 e. The Morgan fingerprint density at radius 1 is 1.05 bits per heavy atom. The number of ketones is 1. The largest absolute Gasteiger partial charge is 0.508 e. The van der Waals surface area contributed by atoms with Crippen molar-refractivity contribution in [2.24, 2.45) is 17.6 Å². The number of cyclic esters (lactones) is 1. The second kappa shape index (κ2) is 17.4. The van der Waals surface area contributed by atoms with Crippen LogP contribution < -0.4 is 16.6 Å². The first-order valence-electron chi connectivity index (χ1n) is 20.0. The highest BCUT2D eigenvalue weighted by molar-refractivity contribution is 5.96. The molecule has 2 aromatic carbocycles. The van der Waals surface area contributed by atoms with Crippen LogP contribution in [0, 0.1) is 11.8 Å². The summed E-state index contributed by atoms with van der Waals surface area (Å²) in [5.74, 6) is -2.41. The molecule has 2 amide bonds. The number of aryl methyl sites for hydroxylation is 1. The average Bonchev–Trinajstić information content (AvgIpc) is 3.58. The highest BCUT2D eigenvalue weighted by atomic mass is 16.6.